The summed E-state index contributed by atoms with van der Waals surface area (Å²) in [5.74, 6) is 1.24. The lowest BCUT2D eigenvalue weighted by Crippen LogP contribution is -2.49. The number of nitrogens with zero attached hydrogens (tertiary/aromatic N) is 5. The van der Waals surface area contributed by atoms with Crippen molar-refractivity contribution in [3.8, 4) is 17.1 Å². The highest BCUT2D eigenvalue weighted by molar-refractivity contribution is 5.67. The minimum atomic E-state index is -0.435. The fourth-order valence-corrected chi connectivity index (χ4v) is 3.17. The third-order valence-corrected chi connectivity index (χ3v) is 4.84. The Hall–Kier alpha value is -3.21. The number of aromatic nitrogens is 4. The van der Waals surface area contributed by atoms with Crippen LogP contribution in [0.25, 0.3) is 11.3 Å². The molecule has 29 heavy (non-hydrogen) atoms. The standard InChI is InChI=1S/C18H23N7O4/c1-27-18(26)22-12-6-13(7-12)29-15-8-14(11-9-20-16(19)21-10-11)23-17(24-15)25-2-4-28-5-3-25/h8-10,12-13H,2-7H2,1H3,(H,22,26)(H2,19,20,21)/t12-,13-. The third kappa shape index (κ3) is 4.62. The molecule has 4 rings (SSSR count). The number of methoxy groups -OCH3 is 1. The molecule has 1 saturated carbocycles. The molecule has 1 amide bonds. The van der Waals surface area contributed by atoms with Crippen LogP contribution in [0.1, 0.15) is 12.8 Å². The van der Waals surface area contributed by atoms with Gasteiger partial charge in [0, 0.05) is 56.0 Å². The molecule has 3 N–H and O–H groups in total. The molecule has 11 heteroatoms. The molecule has 11 nitrogen and oxygen atoms in total. The average Bonchev–Trinajstić information content (AvgIpc) is 2.73. The zero-order valence-electron chi connectivity index (χ0n) is 16.1. The SMILES string of the molecule is COC(=O)N[C@H]1C[C@H](Oc2cc(-c3cnc(N)nc3)nc(N3CCOCC3)n2)C1. The Bertz CT molecular complexity index is 852. The van der Waals surface area contributed by atoms with Crippen molar-refractivity contribution in [3.63, 3.8) is 0 Å². The second kappa shape index (κ2) is 8.43. The fourth-order valence-electron chi connectivity index (χ4n) is 3.17. The Morgan fingerprint density at radius 1 is 1.24 bits per heavy atom. The summed E-state index contributed by atoms with van der Waals surface area (Å²) >= 11 is 0. The first kappa shape index (κ1) is 19.1. The van der Waals surface area contributed by atoms with Crippen LogP contribution in [0.5, 0.6) is 5.88 Å². The van der Waals surface area contributed by atoms with Gasteiger partial charge in [-0.2, -0.15) is 4.98 Å². The van der Waals surface area contributed by atoms with Crippen molar-refractivity contribution in [1.82, 2.24) is 25.3 Å². The number of nitrogens with two attached hydrogens (primary N) is 1. The second-order valence-corrected chi connectivity index (χ2v) is 6.86. The summed E-state index contributed by atoms with van der Waals surface area (Å²) in [5, 5.41) is 2.76. The van der Waals surface area contributed by atoms with Crippen molar-refractivity contribution in [3.05, 3.63) is 18.5 Å². The van der Waals surface area contributed by atoms with E-state index in [9.17, 15) is 4.79 Å². The minimum Gasteiger partial charge on any atom is -0.474 e. The van der Waals surface area contributed by atoms with Gasteiger partial charge in [0.25, 0.3) is 0 Å². The number of rotatable bonds is 5. The van der Waals surface area contributed by atoms with Gasteiger partial charge in [-0.05, 0) is 0 Å². The first-order valence-corrected chi connectivity index (χ1v) is 9.41. The van der Waals surface area contributed by atoms with Crippen LogP contribution in [0.4, 0.5) is 16.7 Å². The number of nitrogens with one attached hydrogen (secondary N) is 1. The number of alkyl carbamates (subject to hydrolysis) is 1. The maximum Gasteiger partial charge on any atom is 0.407 e. The summed E-state index contributed by atoms with van der Waals surface area (Å²) in [4.78, 5) is 30.7. The molecule has 1 saturated heterocycles. The van der Waals surface area contributed by atoms with Gasteiger partial charge < -0.3 is 30.2 Å². The van der Waals surface area contributed by atoms with Crippen molar-refractivity contribution in [1.29, 1.82) is 0 Å². The molecule has 1 aliphatic heterocycles. The Morgan fingerprint density at radius 2 is 1.97 bits per heavy atom. The van der Waals surface area contributed by atoms with Crippen LogP contribution in [-0.2, 0) is 9.47 Å². The van der Waals surface area contributed by atoms with Gasteiger partial charge in [-0.25, -0.2) is 19.7 Å². The second-order valence-electron chi connectivity index (χ2n) is 6.86. The van der Waals surface area contributed by atoms with Crippen molar-refractivity contribution in [2.75, 3.05) is 44.0 Å². The Morgan fingerprint density at radius 3 is 2.66 bits per heavy atom. The lowest BCUT2D eigenvalue weighted by molar-refractivity contribution is 0.0764. The van der Waals surface area contributed by atoms with E-state index in [2.05, 4.69) is 34.9 Å². The van der Waals surface area contributed by atoms with Gasteiger partial charge in [-0.3, -0.25) is 0 Å². The molecule has 1 aliphatic carbocycles. The predicted molar refractivity (Wildman–Crippen MR) is 103 cm³/mol. The highest BCUT2D eigenvalue weighted by Gasteiger charge is 2.33. The summed E-state index contributed by atoms with van der Waals surface area (Å²) in [6.07, 6.45) is 4.14. The molecule has 154 valence electrons. The molecule has 2 aliphatic rings. The first-order valence-electron chi connectivity index (χ1n) is 9.41. The van der Waals surface area contributed by atoms with Crippen LogP contribution in [0, 0.1) is 0 Å². The van der Waals surface area contributed by atoms with Gasteiger partial charge in [0.2, 0.25) is 17.8 Å². The molecule has 0 atom stereocenters. The summed E-state index contributed by atoms with van der Waals surface area (Å²) in [6, 6.07) is 1.80. The molecule has 2 aromatic heterocycles. The van der Waals surface area contributed by atoms with E-state index in [-0.39, 0.29) is 18.1 Å². The van der Waals surface area contributed by atoms with Gasteiger partial charge in [0.1, 0.15) is 6.10 Å². The van der Waals surface area contributed by atoms with Crippen LogP contribution in [0.15, 0.2) is 18.5 Å². The number of carbonyl (C=O) groups excluding carboxylic acids is 1. The van der Waals surface area contributed by atoms with Crippen molar-refractivity contribution < 1.29 is 19.0 Å². The first-order chi connectivity index (χ1) is 14.1. The lowest BCUT2D eigenvalue weighted by Gasteiger charge is -2.35. The van der Waals surface area contributed by atoms with Gasteiger partial charge in [0.05, 0.1) is 26.0 Å². The van der Waals surface area contributed by atoms with E-state index in [1.165, 1.54) is 7.11 Å². The lowest BCUT2D eigenvalue weighted by atomic mass is 9.89. The zero-order valence-corrected chi connectivity index (χ0v) is 16.1. The van der Waals surface area contributed by atoms with Crippen molar-refractivity contribution in [2.45, 2.75) is 25.0 Å². The fraction of sp³-hybridized carbons (Fsp3) is 0.500. The molecule has 3 heterocycles. The molecule has 0 aromatic carbocycles. The zero-order chi connectivity index (χ0) is 20.2. The van der Waals surface area contributed by atoms with Gasteiger partial charge in [-0.15, -0.1) is 0 Å². The normalized spacial score (nSPS) is 21.2. The van der Waals surface area contributed by atoms with E-state index >= 15 is 0 Å². The molecule has 2 fully saturated rings. The molecule has 0 unspecified atom stereocenters. The Labute approximate surface area is 167 Å². The quantitative estimate of drug-likeness (QED) is 0.733. The molecule has 0 bridgehead atoms. The number of morpholine rings is 1. The minimum absolute atomic E-state index is 0.0398. The number of anilines is 2. The largest absolute Gasteiger partial charge is 0.474 e. The summed E-state index contributed by atoms with van der Waals surface area (Å²) in [5.41, 5.74) is 6.96. The van der Waals surface area contributed by atoms with Crippen LogP contribution >= 0.6 is 0 Å². The smallest absolute Gasteiger partial charge is 0.407 e. The molecule has 0 radical (unpaired) electrons. The molecule has 0 spiro atoms. The Balaban J connectivity index is 1.52. The van der Waals surface area contributed by atoms with E-state index in [1.54, 1.807) is 18.5 Å². The van der Waals surface area contributed by atoms with Gasteiger partial charge in [-0.1, -0.05) is 0 Å². The maximum absolute atomic E-state index is 11.3. The highest BCUT2D eigenvalue weighted by Crippen LogP contribution is 2.29. The summed E-state index contributed by atoms with van der Waals surface area (Å²) < 4.78 is 16.1. The molecular formula is C18H23N7O4. The van der Waals surface area contributed by atoms with Crippen LogP contribution in [-0.4, -0.2) is 71.6 Å². The van der Waals surface area contributed by atoms with Crippen molar-refractivity contribution in [2.24, 2.45) is 0 Å². The number of hydrogen-bond acceptors (Lipinski definition) is 10. The number of amides is 1. The topological polar surface area (TPSA) is 138 Å². The van der Waals surface area contributed by atoms with Crippen molar-refractivity contribution >= 4 is 18.0 Å². The predicted octanol–water partition coefficient (Wildman–Crippen LogP) is 0.618. The van der Waals surface area contributed by atoms with E-state index < -0.39 is 6.09 Å². The molecular weight excluding hydrogens is 378 g/mol. The highest BCUT2D eigenvalue weighted by atomic mass is 16.5. The van der Waals surface area contributed by atoms with Crippen LogP contribution in [0.2, 0.25) is 0 Å². The van der Waals surface area contributed by atoms with Gasteiger partial charge in [0.15, 0.2) is 0 Å². The number of hydrogen-bond donors (Lipinski definition) is 2. The van der Waals surface area contributed by atoms with E-state index in [0.29, 0.717) is 56.7 Å². The van der Waals surface area contributed by atoms with E-state index in [0.717, 1.165) is 5.56 Å². The van der Waals surface area contributed by atoms with Gasteiger partial charge >= 0.3 is 6.09 Å². The Kier molecular flexibility index (Phi) is 5.56. The van der Waals surface area contributed by atoms with Crippen LogP contribution < -0.4 is 20.7 Å². The number of ether oxygens (including phenoxy) is 3. The summed E-state index contributed by atoms with van der Waals surface area (Å²) in [6.45, 7) is 2.65. The molecule has 2 aromatic rings. The van der Waals surface area contributed by atoms with E-state index in [1.807, 2.05) is 0 Å². The monoisotopic (exact) mass is 401 g/mol. The maximum atomic E-state index is 11.3. The average molecular weight is 401 g/mol. The number of nitrogen functional groups attached to an aromatic ring is 1. The third-order valence-electron chi connectivity index (χ3n) is 4.84. The number of carbonyl (C=O) groups is 1. The van der Waals surface area contributed by atoms with E-state index in [4.69, 9.17) is 15.2 Å². The summed E-state index contributed by atoms with van der Waals surface area (Å²) in [7, 11) is 1.35. The van der Waals surface area contributed by atoms with Crippen LogP contribution in [0.3, 0.4) is 0 Å².